The molecule has 3 rings (SSSR count). The fourth-order valence-corrected chi connectivity index (χ4v) is 2.67. The summed E-state index contributed by atoms with van der Waals surface area (Å²) < 4.78 is 5.50. The van der Waals surface area contributed by atoms with Gasteiger partial charge >= 0.3 is 5.97 Å². The minimum atomic E-state index is -0.929. The third-order valence-corrected chi connectivity index (χ3v) is 4.02. The average molecular weight is 326 g/mol. The van der Waals surface area contributed by atoms with E-state index in [0.717, 1.165) is 28.9 Å². The van der Waals surface area contributed by atoms with Gasteiger partial charge in [-0.15, -0.1) is 0 Å². The molecule has 2 heterocycles. The van der Waals surface area contributed by atoms with Crippen LogP contribution < -0.4 is 4.74 Å². The quantitative estimate of drug-likeness (QED) is 0.911. The first-order chi connectivity index (χ1) is 11.5. The van der Waals surface area contributed by atoms with Gasteiger partial charge in [-0.05, 0) is 29.3 Å². The number of rotatable bonds is 5. The zero-order valence-electron chi connectivity index (χ0n) is 13.4. The average Bonchev–Trinajstić information content (AvgIpc) is 3.06. The minimum Gasteiger partial charge on any atom is -0.493 e. The predicted molar refractivity (Wildman–Crippen MR) is 88.1 cm³/mol. The molecule has 0 atom stereocenters. The van der Waals surface area contributed by atoms with Crippen LogP contribution in [0.2, 0.25) is 0 Å². The van der Waals surface area contributed by atoms with Crippen molar-refractivity contribution in [1.29, 1.82) is 0 Å². The lowest BCUT2D eigenvalue weighted by molar-refractivity contribution is -0.137. The number of amides is 1. The molecule has 1 aliphatic rings. The Bertz CT molecular complexity index is 788. The van der Waals surface area contributed by atoms with E-state index in [1.54, 1.807) is 19.3 Å². The molecule has 0 radical (unpaired) electrons. The second-order valence-electron chi connectivity index (χ2n) is 5.75. The first kappa shape index (κ1) is 16.0. The monoisotopic (exact) mass is 326 g/mol. The molecule has 6 nitrogen and oxygen atoms in total. The molecule has 0 saturated carbocycles. The molecule has 0 unspecified atom stereocenters. The molecule has 1 N–H and O–H groups in total. The van der Waals surface area contributed by atoms with Crippen molar-refractivity contribution >= 4 is 11.9 Å². The standard InChI is InChI=1S/C18H18N2O4/c1-20(6-4-17(21)22)18(23)15-9-14(10-19-11-15)12-2-3-16-13(8-12)5-7-24-16/h2-3,8-11H,4-7H2,1H3,(H,21,22). The molecule has 1 aromatic carbocycles. The van der Waals surface area contributed by atoms with Crippen LogP contribution in [-0.2, 0) is 11.2 Å². The third kappa shape index (κ3) is 3.37. The number of carboxylic acids is 1. The maximum Gasteiger partial charge on any atom is 0.305 e. The molecule has 1 aromatic heterocycles. The lowest BCUT2D eigenvalue weighted by Gasteiger charge is -2.16. The van der Waals surface area contributed by atoms with E-state index < -0.39 is 5.97 Å². The molecule has 6 heteroatoms. The molecule has 0 aliphatic carbocycles. The molecule has 124 valence electrons. The van der Waals surface area contributed by atoms with E-state index in [2.05, 4.69) is 11.1 Å². The van der Waals surface area contributed by atoms with Crippen LogP contribution in [0.5, 0.6) is 5.75 Å². The molecular formula is C18H18N2O4. The third-order valence-electron chi connectivity index (χ3n) is 4.02. The van der Waals surface area contributed by atoms with E-state index in [-0.39, 0.29) is 18.9 Å². The van der Waals surface area contributed by atoms with Crippen LogP contribution in [0.25, 0.3) is 11.1 Å². The summed E-state index contributed by atoms with van der Waals surface area (Å²) in [5.74, 6) is -0.260. The van der Waals surface area contributed by atoms with Crippen LogP contribution in [0, 0.1) is 0 Å². The second kappa shape index (κ2) is 6.70. The fourth-order valence-electron chi connectivity index (χ4n) is 2.67. The number of hydrogen-bond acceptors (Lipinski definition) is 4. The molecular weight excluding hydrogens is 308 g/mol. The first-order valence-corrected chi connectivity index (χ1v) is 7.73. The highest BCUT2D eigenvalue weighted by Gasteiger charge is 2.16. The Morgan fingerprint density at radius 3 is 2.88 bits per heavy atom. The zero-order valence-corrected chi connectivity index (χ0v) is 13.4. The molecule has 0 fully saturated rings. The molecule has 2 aromatic rings. The Morgan fingerprint density at radius 2 is 2.08 bits per heavy atom. The van der Waals surface area contributed by atoms with E-state index >= 15 is 0 Å². The summed E-state index contributed by atoms with van der Waals surface area (Å²) >= 11 is 0. The zero-order chi connectivity index (χ0) is 17.1. The van der Waals surface area contributed by atoms with Gasteiger partial charge in [-0.25, -0.2) is 0 Å². The number of hydrogen-bond donors (Lipinski definition) is 1. The lowest BCUT2D eigenvalue weighted by Crippen LogP contribution is -2.29. The fraction of sp³-hybridized carbons (Fsp3) is 0.278. The summed E-state index contributed by atoms with van der Waals surface area (Å²) in [6.45, 7) is 0.860. The smallest absolute Gasteiger partial charge is 0.305 e. The van der Waals surface area contributed by atoms with E-state index in [1.807, 2.05) is 12.1 Å². The number of carbonyl (C=O) groups excluding carboxylic acids is 1. The van der Waals surface area contributed by atoms with Gasteiger partial charge in [0, 0.05) is 38.0 Å². The molecule has 24 heavy (non-hydrogen) atoms. The molecule has 0 saturated heterocycles. The van der Waals surface area contributed by atoms with E-state index in [0.29, 0.717) is 12.2 Å². The van der Waals surface area contributed by atoms with Gasteiger partial charge in [0.1, 0.15) is 5.75 Å². The predicted octanol–water partition coefficient (Wildman–Crippen LogP) is 2.23. The molecule has 0 spiro atoms. The number of benzene rings is 1. The van der Waals surface area contributed by atoms with Crippen LogP contribution >= 0.6 is 0 Å². The van der Waals surface area contributed by atoms with Crippen molar-refractivity contribution in [2.45, 2.75) is 12.8 Å². The maximum absolute atomic E-state index is 12.4. The van der Waals surface area contributed by atoms with Crippen molar-refractivity contribution in [3.63, 3.8) is 0 Å². The Morgan fingerprint density at radius 1 is 1.25 bits per heavy atom. The number of ether oxygens (including phenoxy) is 1. The topological polar surface area (TPSA) is 79.7 Å². The van der Waals surface area contributed by atoms with Gasteiger partial charge in [-0.2, -0.15) is 0 Å². The van der Waals surface area contributed by atoms with E-state index in [1.165, 1.54) is 11.1 Å². The SMILES string of the molecule is CN(CCC(=O)O)C(=O)c1cncc(-c2ccc3c(c2)CCO3)c1. The second-order valence-corrected chi connectivity index (χ2v) is 5.75. The summed E-state index contributed by atoms with van der Waals surface area (Å²) in [5.41, 5.74) is 3.43. The normalized spacial score (nSPS) is 12.4. The number of nitrogens with zero attached hydrogens (tertiary/aromatic N) is 2. The highest BCUT2D eigenvalue weighted by molar-refractivity contribution is 5.95. The lowest BCUT2D eigenvalue weighted by atomic mass is 10.0. The van der Waals surface area contributed by atoms with E-state index in [4.69, 9.17) is 9.84 Å². The van der Waals surface area contributed by atoms with Crippen LogP contribution in [0.1, 0.15) is 22.3 Å². The van der Waals surface area contributed by atoms with Crippen LogP contribution in [0.15, 0.2) is 36.7 Å². The van der Waals surface area contributed by atoms with Crippen LogP contribution in [0.4, 0.5) is 0 Å². The van der Waals surface area contributed by atoms with Gasteiger partial charge < -0.3 is 14.7 Å². The Hall–Kier alpha value is -2.89. The highest BCUT2D eigenvalue weighted by Crippen LogP contribution is 2.30. The van der Waals surface area contributed by atoms with Gasteiger partial charge in [0.15, 0.2) is 0 Å². The van der Waals surface area contributed by atoms with Crippen molar-refractivity contribution in [1.82, 2.24) is 9.88 Å². The summed E-state index contributed by atoms with van der Waals surface area (Å²) in [5, 5.41) is 8.72. The van der Waals surface area contributed by atoms with Gasteiger partial charge in [0.25, 0.3) is 5.91 Å². The first-order valence-electron chi connectivity index (χ1n) is 7.73. The van der Waals surface area contributed by atoms with Gasteiger partial charge in [-0.3, -0.25) is 14.6 Å². The van der Waals surface area contributed by atoms with Gasteiger partial charge in [0.05, 0.1) is 18.6 Å². The summed E-state index contributed by atoms with van der Waals surface area (Å²) in [6, 6.07) is 7.72. The van der Waals surface area contributed by atoms with E-state index in [9.17, 15) is 9.59 Å². The van der Waals surface area contributed by atoms with Crippen molar-refractivity contribution in [2.24, 2.45) is 0 Å². The van der Waals surface area contributed by atoms with Crippen molar-refractivity contribution in [3.05, 3.63) is 47.8 Å². The van der Waals surface area contributed by atoms with Crippen LogP contribution in [-0.4, -0.2) is 47.1 Å². The minimum absolute atomic E-state index is 0.0832. The van der Waals surface area contributed by atoms with Crippen LogP contribution in [0.3, 0.4) is 0 Å². The molecule has 1 aliphatic heterocycles. The number of pyridine rings is 1. The highest BCUT2D eigenvalue weighted by atomic mass is 16.5. The number of aliphatic carboxylic acids is 1. The van der Waals surface area contributed by atoms with Crippen molar-refractivity contribution < 1.29 is 19.4 Å². The Balaban J connectivity index is 1.81. The number of fused-ring (bicyclic) bond motifs is 1. The number of carboxylic acid groups (broad SMARTS) is 1. The summed E-state index contributed by atoms with van der Waals surface area (Å²) in [6.07, 6.45) is 4.01. The summed E-state index contributed by atoms with van der Waals surface area (Å²) in [7, 11) is 1.59. The number of carbonyl (C=O) groups is 2. The van der Waals surface area contributed by atoms with Gasteiger partial charge in [0.2, 0.25) is 0 Å². The largest absolute Gasteiger partial charge is 0.493 e. The molecule has 0 bridgehead atoms. The Labute approximate surface area is 139 Å². The maximum atomic E-state index is 12.4. The Kier molecular flexibility index (Phi) is 4.46. The van der Waals surface area contributed by atoms with Crippen molar-refractivity contribution in [3.8, 4) is 16.9 Å². The van der Waals surface area contributed by atoms with Gasteiger partial charge in [-0.1, -0.05) is 6.07 Å². The van der Waals surface area contributed by atoms with Crippen molar-refractivity contribution in [2.75, 3.05) is 20.2 Å². The molecule has 1 amide bonds. The number of aromatic nitrogens is 1. The summed E-state index contributed by atoms with van der Waals surface area (Å²) in [4.78, 5) is 28.6.